The fourth-order valence-corrected chi connectivity index (χ4v) is 6.91. The molecular formula is C42H30N4. The normalized spacial score (nSPS) is 11.7. The van der Waals surface area contributed by atoms with E-state index in [1.807, 2.05) is 6.20 Å². The van der Waals surface area contributed by atoms with Crippen LogP contribution in [-0.4, -0.2) is 19.1 Å². The summed E-state index contributed by atoms with van der Waals surface area (Å²) in [7, 11) is 0. The zero-order valence-electron chi connectivity index (χ0n) is 25.6. The molecule has 9 aromatic rings. The number of hydrogen-bond donors (Lipinski definition) is 0. The standard InChI is InChI=1S/C42H30N4/c1-27-24-36(43-26-28(27)2)30-13-11-12-29(25-30)35-21-20-34-41-39(46(42(34)44-35)32-16-7-4-8-17-32)23-22-38-40(41)33-18-9-10-19-37(33)45(38)31-14-5-3-6-15-31/h3-26H,1-2H3. The molecule has 0 aliphatic rings. The monoisotopic (exact) mass is 590 g/mol. The molecule has 0 fully saturated rings. The van der Waals surface area contributed by atoms with Gasteiger partial charge in [0.1, 0.15) is 5.65 Å². The third-order valence-electron chi connectivity index (χ3n) is 9.27. The molecule has 218 valence electrons. The van der Waals surface area contributed by atoms with Crippen LogP contribution in [0.4, 0.5) is 0 Å². The molecule has 0 saturated heterocycles. The zero-order chi connectivity index (χ0) is 30.8. The largest absolute Gasteiger partial charge is 0.309 e. The van der Waals surface area contributed by atoms with E-state index in [0.717, 1.165) is 50.4 Å². The highest BCUT2D eigenvalue weighted by molar-refractivity contribution is 6.28. The SMILES string of the molecule is Cc1cnc(-c2cccc(-c3ccc4c5c6c7ccccc7n(-c7ccccc7)c6ccc5n(-c5ccccc5)c4n3)c2)cc1C. The van der Waals surface area contributed by atoms with Crippen LogP contribution in [0.5, 0.6) is 0 Å². The Balaban J connectivity index is 1.34. The van der Waals surface area contributed by atoms with Gasteiger partial charge in [0.2, 0.25) is 0 Å². The summed E-state index contributed by atoms with van der Waals surface area (Å²) in [6.07, 6.45) is 1.95. The number of fused-ring (bicyclic) bond motifs is 7. The van der Waals surface area contributed by atoms with Crippen molar-refractivity contribution in [1.29, 1.82) is 0 Å². The van der Waals surface area contributed by atoms with Crippen LogP contribution in [-0.2, 0) is 0 Å². The Morgan fingerprint density at radius 2 is 1.09 bits per heavy atom. The molecule has 4 heterocycles. The van der Waals surface area contributed by atoms with E-state index in [9.17, 15) is 0 Å². The fraction of sp³-hybridized carbons (Fsp3) is 0.0476. The summed E-state index contributed by atoms with van der Waals surface area (Å²) < 4.78 is 4.70. The van der Waals surface area contributed by atoms with Crippen molar-refractivity contribution in [3.8, 4) is 33.9 Å². The van der Waals surface area contributed by atoms with E-state index in [0.29, 0.717) is 0 Å². The van der Waals surface area contributed by atoms with Crippen molar-refractivity contribution < 1.29 is 0 Å². The number of aryl methyl sites for hydroxylation is 2. The Labute approximate surface area is 266 Å². The van der Waals surface area contributed by atoms with Crippen molar-refractivity contribution in [1.82, 2.24) is 19.1 Å². The summed E-state index contributed by atoms with van der Waals surface area (Å²) in [4.78, 5) is 10.1. The fourth-order valence-electron chi connectivity index (χ4n) is 6.91. The van der Waals surface area contributed by atoms with Crippen molar-refractivity contribution in [2.24, 2.45) is 0 Å². The number of para-hydroxylation sites is 3. The summed E-state index contributed by atoms with van der Waals surface area (Å²) in [6.45, 7) is 4.23. The van der Waals surface area contributed by atoms with Crippen molar-refractivity contribution in [3.63, 3.8) is 0 Å². The highest BCUT2D eigenvalue weighted by atomic mass is 15.1. The van der Waals surface area contributed by atoms with Crippen molar-refractivity contribution >= 4 is 43.7 Å². The average Bonchev–Trinajstić information content (AvgIpc) is 3.62. The van der Waals surface area contributed by atoms with Gasteiger partial charge in [-0.3, -0.25) is 9.55 Å². The Morgan fingerprint density at radius 3 is 1.83 bits per heavy atom. The maximum atomic E-state index is 5.41. The molecule has 0 aliphatic heterocycles. The van der Waals surface area contributed by atoms with Crippen LogP contribution in [0.3, 0.4) is 0 Å². The predicted molar refractivity (Wildman–Crippen MR) is 191 cm³/mol. The van der Waals surface area contributed by atoms with Gasteiger partial charge in [0.15, 0.2) is 0 Å². The van der Waals surface area contributed by atoms with E-state index >= 15 is 0 Å². The quantitative estimate of drug-likeness (QED) is 0.204. The number of pyridine rings is 2. The van der Waals surface area contributed by atoms with E-state index in [2.05, 4.69) is 163 Å². The van der Waals surface area contributed by atoms with Crippen LogP contribution in [0.15, 0.2) is 146 Å². The molecule has 0 bridgehead atoms. The number of aromatic nitrogens is 4. The molecule has 4 aromatic heterocycles. The van der Waals surface area contributed by atoms with Crippen molar-refractivity contribution in [2.45, 2.75) is 13.8 Å². The van der Waals surface area contributed by atoms with Gasteiger partial charge in [0.25, 0.3) is 0 Å². The van der Waals surface area contributed by atoms with E-state index in [4.69, 9.17) is 9.97 Å². The zero-order valence-corrected chi connectivity index (χ0v) is 25.6. The molecule has 0 atom stereocenters. The molecule has 0 spiro atoms. The van der Waals surface area contributed by atoms with Crippen LogP contribution in [0.25, 0.3) is 77.6 Å². The number of nitrogens with zero attached hydrogens (tertiary/aromatic N) is 4. The molecule has 4 nitrogen and oxygen atoms in total. The minimum absolute atomic E-state index is 0.932. The van der Waals surface area contributed by atoms with Gasteiger partial charge in [-0.15, -0.1) is 0 Å². The second kappa shape index (κ2) is 10.3. The molecule has 46 heavy (non-hydrogen) atoms. The summed E-state index contributed by atoms with van der Waals surface area (Å²) >= 11 is 0. The maximum absolute atomic E-state index is 5.41. The Hall–Kier alpha value is -6.00. The third-order valence-corrected chi connectivity index (χ3v) is 9.27. The van der Waals surface area contributed by atoms with Crippen molar-refractivity contribution in [2.75, 3.05) is 0 Å². The molecule has 9 rings (SSSR count). The molecule has 0 unspecified atom stereocenters. The van der Waals surface area contributed by atoms with Gasteiger partial charge >= 0.3 is 0 Å². The Bertz CT molecular complexity index is 2590. The van der Waals surface area contributed by atoms with Gasteiger partial charge < -0.3 is 4.57 Å². The number of rotatable bonds is 4. The van der Waals surface area contributed by atoms with Gasteiger partial charge in [-0.1, -0.05) is 72.8 Å². The Morgan fingerprint density at radius 1 is 0.457 bits per heavy atom. The summed E-state index contributed by atoms with van der Waals surface area (Å²) in [5.74, 6) is 0. The number of benzene rings is 5. The van der Waals surface area contributed by atoms with Gasteiger partial charge in [-0.25, -0.2) is 4.98 Å². The molecule has 0 amide bonds. The van der Waals surface area contributed by atoms with Crippen LogP contribution < -0.4 is 0 Å². The first-order valence-electron chi connectivity index (χ1n) is 15.7. The van der Waals surface area contributed by atoms with E-state index < -0.39 is 0 Å². The van der Waals surface area contributed by atoms with Crippen molar-refractivity contribution in [3.05, 3.63) is 157 Å². The smallest absolute Gasteiger partial charge is 0.146 e. The van der Waals surface area contributed by atoms with Gasteiger partial charge in [-0.05, 0) is 91.7 Å². The second-order valence-electron chi connectivity index (χ2n) is 12.0. The van der Waals surface area contributed by atoms with Gasteiger partial charge in [-0.2, -0.15) is 0 Å². The lowest BCUT2D eigenvalue weighted by atomic mass is 10.0. The first-order valence-corrected chi connectivity index (χ1v) is 15.7. The van der Waals surface area contributed by atoms with Gasteiger partial charge in [0.05, 0.1) is 27.9 Å². The first kappa shape index (κ1) is 26.4. The topological polar surface area (TPSA) is 35.6 Å². The lowest BCUT2D eigenvalue weighted by Crippen LogP contribution is -1.96. The highest BCUT2D eigenvalue weighted by Gasteiger charge is 2.21. The van der Waals surface area contributed by atoms with Crippen LogP contribution in [0.1, 0.15) is 11.1 Å². The molecule has 4 heteroatoms. The molecule has 0 N–H and O–H groups in total. The van der Waals surface area contributed by atoms with E-state index in [-0.39, 0.29) is 0 Å². The molecule has 0 radical (unpaired) electrons. The minimum atomic E-state index is 0.932. The highest BCUT2D eigenvalue weighted by Crippen LogP contribution is 2.42. The molecule has 5 aromatic carbocycles. The lowest BCUT2D eigenvalue weighted by molar-refractivity contribution is 1.14. The predicted octanol–water partition coefficient (Wildman–Crippen LogP) is 10.6. The lowest BCUT2D eigenvalue weighted by Gasteiger charge is -2.09. The third kappa shape index (κ3) is 4.00. The minimum Gasteiger partial charge on any atom is -0.309 e. The maximum Gasteiger partial charge on any atom is 0.146 e. The van der Waals surface area contributed by atoms with Crippen LogP contribution >= 0.6 is 0 Å². The summed E-state index contributed by atoms with van der Waals surface area (Å²) in [5.41, 5.74) is 13.2. The molecule has 0 saturated carbocycles. The average molecular weight is 591 g/mol. The number of hydrogen-bond acceptors (Lipinski definition) is 2. The molecular weight excluding hydrogens is 560 g/mol. The first-order chi connectivity index (χ1) is 22.7. The van der Waals surface area contributed by atoms with E-state index in [1.54, 1.807) is 0 Å². The van der Waals surface area contributed by atoms with Crippen LogP contribution in [0.2, 0.25) is 0 Å². The Kier molecular flexibility index (Phi) is 5.90. The second-order valence-corrected chi connectivity index (χ2v) is 12.0. The van der Waals surface area contributed by atoms with Gasteiger partial charge in [0, 0.05) is 50.2 Å². The molecule has 0 aliphatic carbocycles. The van der Waals surface area contributed by atoms with E-state index in [1.165, 1.54) is 38.3 Å². The van der Waals surface area contributed by atoms with Crippen LogP contribution in [0, 0.1) is 13.8 Å². The summed E-state index contributed by atoms with van der Waals surface area (Å²) in [5, 5.41) is 4.83. The summed E-state index contributed by atoms with van der Waals surface area (Å²) in [6, 6.07) is 49.6.